The van der Waals surface area contributed by atoms with Gasteiger partial charge in [0.2, 0.25) is 35.4 Å². The van der Waals surface area contributed by atoms with E-state index in [0.29, 0.717) is 25.8 Å². The molecule has 1 fully saturated rings. The molecule has 31 heteroatoms. The van der Waals surface area contributed by atoms with Crippen LogP contribution >= 0.6 is 0 Å². The lowest BCUT2D eigenvalue weighted by Gasteiger charge is -2.28. The number of rotatable bonds is 34. The molecule has 1 rings (SSSR count). The van der Waals surface area contributed by atoms with Crippen LogP contribution in [0.5, 0.6) is 0 Å². The molecule has 24 N–H and O–H groups in total. The van der Waals surface area contributed by atoms with E-state index in [0.717, 1.165) is 11.0 Å². The van der Waals surface area contributed by atoms with Crippen LogP contribution in [0.15, 0.2) is 16.8 Å². The van der Waals surface area contributed by atoms with Crippen molar-refractivity contribution >= 4 is 64.9 Å². The summed E-state index contributed by atoms with van der Waals surface area (Å²) in [6.45, 7) is -1.14. The SMILES string of the molecule is N=C(N)NCC/C=C(\NC(=O)[C@H](CCCCN)NC(=O)[C@H](CC(F)(F)F)NC(=O)[C@@H]1CCCN1C(=O)/C(CCCN)=N/C(=O)CNC(=O)[C@H](CCN)NC(=O)[C@@H](NC(=O)[C@@H](N)CCCCN)[C@@H](O)CN)C(=O)O. The summed E-state index contributed by atoms with van der Waals surface area (Å²) in [6.07, 6.45) is -6.32. The number of carbonyl (C=O) groups is 9. The summed E-state index contributed by atoms with van der Waals surface area (Å²) in [5, 5.41) is 43.0. The largest absolute Gasteiger partial charge is 0.477 e. The molecule has 1 aliphatic rings. The summed E-state index contributed by atoms with van der Waals surface area (Å²) in [5.74, 6) is -10.7. The number of guanidine groups is 1. The number of nitrogens with zero attached hydrogens (tertiary/aromatic N) is 2. The zero-order chi connectivity index (χ0) is 55.3. The molecule has 0 unspecified atom stereocenters. The molecule has 0 saturated carbocycles. The number of halogens is 3. The monoisotopic (exact) mass is 1050 g/mol. The molecule has 1 heterocycles. The van der Waals surface area contributed by atoms with Gasteiger partial charge in [-0.2, -0.15) is 13.2 Å². The normalized spacial score (nSPS) is 16.4. The van der Waals surface area contributed by atoms with Crippen LogP contribution < -0.4 is 77.4 Å². The number of alkyl halides is 3. The topological polar surface area (TPSA) is 500 Å². The molecule has 8 amide bonds. The first-order chi connectivity index (χ1) is 34.4. The van der Waals surface area contributed by atoms with Gasteiger partial charge in [0.05, 0.1) is 25.1 Å². The molecular formula is C42H74F3N17O11. The van der Waals surface area contributed by atoms with Crippen molar-refractivity contribution in [3.05, 3.63) is 11.8 Å². The Morgan fingerprint density at radius 3 is 1.95 bits per heavy atom. The van der Waals surface area contributed by atoms with Crippen LogP contribution in [0.3, 0.4) is 0 Å². The number of aliphatic hydroxyl groups excluding tert-OH is 1. The standard InChI is InChI=1S/C42H74F3N17O11/c43-42(44,45)20-28(36(68)57-24(9-2-4-15-47)35(67)59-27(40(72)73)11-6-18-54-41(52)53)60-37(69)29-12-7-19-62(29)39(71)26(10-5-16-48)56-31(64)22-55-34(66)25(13-17-49)58-38(70)32(30(63)21-50)61-33(65)23(51)8-1-3-14-46/h11,23-25,28-30,32,63H,1-10,12-22,46-51H2,(H,55,66)(H,57,68)(H,58,70)(H,59,67)(H,60,69)(H,61,65)(H,72,73)(H4,52,53,54)/b27-11-,56-26+/t23-,24-,25-,28-,29-,30-,32-/m0/s1. The summed E-state index contributed by atoms with van der Waals surface area (Å²) >= 11 is 0. The molecule has 0 radical (unpaired) electrons. The lowest BCUT2D eigenvalue weighted by Crippen LogP contribution is -2.61. The number of carbonyl (C=O) groups excluding carboxylic acids is 8. The van der Waals surface area contributed by atoms with Gasteiger partial charge in [-0.05, 0) is 96.8 Å². The maximum absolute atomic E-state index is 13.9. The zero-order valence-corrected chi connectivity index (χ0v) is 40.6. The van der Waals surface area contributed by atoms with E-state index in [1.165, 1.54) is 0 Å². The predicted molar refractivity (Wildman–Crippen MR) is 258 cm³/mol. The third kappa shape index (κ3) is 24.7. The smallest absolute Gasteiger partial charge is 0.391 e. The van der Waals surface area contributed by atoms with Crippen molar-refractivity contribution in [2.75, 3.05) is 52.4 Å². The number of carboxylic acids is 1. The molecule has 0 aromatic heterocycles. The van der Waals surface area contributed by atoms with E-state index >= 15 is 0 Å². The van der Waals surface area contributed by atoms with Crippen molar-refractivity contribution < 1.29 is 66.5 Å². The Hall–Kier alpha value is -6.38. The number of nitrogens with one attached hydrogen (secondary N) is 8. The van der Waals surface area contributed by atoms with Gasteiger partial charge < -0.3 is 92.5 Å². The number of unbranched alkanes of at least 4 members (excludes halogenated alkanes) is 2. The fraction of sp³-hybridized carbons (Fsp3) is 0.690. The van der Waals surface area contributed by atoms with Gasteiger partial charge in [0.15, 0.2) is 5.96 Å². The van der Waals surface area contributed by atoms with Gasteiger partial charge in [0, 0.05) is 19.6 Å². The quantitative estimate of drug-likeness (QED) is 0.0123. The number of hydrogen-bond acceptors (Lipinski definition) is 17. The van der Waals surface area contributed by atoms with E-state index in [-0.39, 0.29) is 90.5 Å². The first-order valence-corrected chi connectivity index (χ1v) is 23.7. The second kappa shape index (κ2) is 34.1. The van der Waals surface area contributed by atoms with Crippen molar-refractivity contribution in [2.45, 2.75) is 132 Å². The molecule has 0 aromatic carbocycles. The Labute approximate surface area is 419 Å². The number of aliphatic carboxylic acids is 1. The summed E-state index contributed by atoms with van der Waals surface area (Å²) < 4.78 is 41.8. The molecular weight excluding hydrogens is 976 g/mol. The Kier molecular flexibility index (Phi) is 30.2. The molecule has 0 spiro atoms. The van der Waals surface area contributed by atoms with E-state index in [2.05, 4.69) is 36.9 Å². The third-order valence-electron chi connectivity index (χ3n) is 10.9. The van der Waals surface area contributed by atoms with Crippen LogP contribution in [0.1, 0.15) is 83.5 Å². The Morgan fingerprint density at radius 1 is 0.753 bits per heavy atom. The summed E-state index contributed by atoms with van der Waals surface area (Å²) in [6, 6.07) is -9.62. The highest BCUT2D eigenvalue weighted by Gasteiger charge is 2.42. The summed E-state index contributed by atoms with van der Waals surface area (Å²) in [5.41, 5.74) is 37.9. The summed E-state index contributed by atoms with van der Waals surface area (Å²) in [4.78, 5) is 124. The number of hydrogen-bond donors (Lipinski definition) is 17. The van der Waals surface area contributed by atoms with Crippen molar-refractivity contribution in [1.82, 2.24) is 42.1 Å². The van der Waals surface area contributed by atoms with E-state index in [1.807, 2.05) is 5.32 Å². The van der Waals surface area contributed by atoms with Crippen molar-refractivity contribution in [3.63, 3.8) is 0 Å². The average molecular weight is 1050 g/mol. The fourth-order valence-electron chi connectivity index (χ4n) is 7.05. The molecule has 0 bridgehead atoms. The molecule has 1 aliphatic heterocycles. The first-order valence-electron chi connectivity index (χ1n) is 23.7. The second-order valence-corrected chi connectivity index (χ2v) is 16.8. The number of aliphatic imine (C=N–C) groups is 1. The summed E-state index contributed by atoms with van der Waals surface area (Å²) in [7, 11) is 0. The van der Waals surface area contributed by atoms with Crippen LogP contribution in [-0.4, -0.2) is 181 Å². The van der Waals surface area contributed by atoms with Crippen LogP contribution in [0.4, 0.5) is 13.2 Å². The van der Waals surface area contributed by atoms with Crippen LogP contribution in [0, 0.1) is 5.41 Å². The lowest BCUT2D eigenvalue weighted by atomic mass is 10.1. The Balaban J connectivity index is 3.30. The molecule has 0 aliphatic carbocycles. The van der Waals surface area contributed by atoms with Crippen LogP contribution in [0.2, 0.25) is 0 Å². The maximum Gasteiger partial charge on any atom is 0.391 e. The number of likely N-dealkylation sites (tertiary alicyclic amines) is 1. The molecule has 28 nitrogen and oxygen atoms in total. The Bertz CT molecular complexity index is 1950. The highest BCUT2D eigenvalue weighted by atomic mass is 19.4. The van der Waals surface area contributed by atoms with Gasteiger partial charge in [-0.1, -0.05) is 12.5 Å². The number of carboxylic acid groups (broad SMARTS) is 1. The van der Waals surface area contributed by atoms with E-state index in [9.17, 15) is 66.5 Å². The Morgan fingerprint density at radius 2 is 1.37 bits per heavy atom. The van der Waals surface area contributed by atoms with Crippen molar-refractivity contribution in [1.29, 1.82) is 5.41 Å². The highest BCUT2D eigenvalue weighted by molar-refractivity contribution is 6.40. The molecule has 414 valence electrons. The first kappa shape index (κ1) is 64.6. The van der Waals surface area contributed by atoms with Gasteiger partial charge in [0.25, 0.3) is 11.8 Å². The van der Waals surface area contributed by atoms with Gasteiger partial charge >= 0.3 is 12.1 Å². The minimum Gasteiger partial charge on any atom is -0.477 e. The van der Waals surface area contributed by atoms with E-state index in [4.69, 9.17) is 45.5 Å². The number of amides is 8. The fourth-order valence-corrected chi connectivity index (χ4v) is 7.05. The molecule has 7 atom stereocenters. The van der Waals surface area contributed by atoms with Crippen molar-refractivity contribution in [3.8, 4) is 0 Å². The van der Waals surface area contributed by atoms with Gasteiger partial charge in [-0.3, -0.25) is 43.8 Å². The van der Waals surface area contributed by atoms with Gasteiger partial charge in [-0.15, -0.1) is 0 Å². The highest BCUT2D eigenvalue weighted by Crippen LogP contribution is 2.24. The second-order valence-electron chi connectivity index (χ2n) is 16.8. The van der Waals surface area contributed by atoms with Gasteiger partial charge in [-0.25, -0.2) is 9.79 Å². The van der Waals surface area contributed by atoms with Crippen molar-refractivity contribution in [2.24, 2.45) is 45.1 Å². The molecule has 0 aromatic rings. The minimum atomic E-state index is -5.06. The van der Waals surface area contributed by atoms with Gasteiger partial charge in [0.1, 0.15) is 41.6 Å². The number of aliphatic hydroxyl groups is 1. The molecule has 1 saturated heterocycles. The van der Waals surface area contributed by atoms with Crippen LogP contribution in [-0.2, 0) is 43.2 Å². The minimum absolute atomic E-state index is 0.00546. The van der Waals surface area contributed by atoms with E-state index < -0.39 is 139 Å². The molecule has 73 heavy (non-hydrogen) atoms. The average Bonchev–Trinajstić information content (AvgIpc) is 3.83. The van der Waals surface area contributed by atoms with E-state index in [1.54, 1.807) is 0 Å². The maximum atomic E-state index is 13.9. The predicted octanol–water partition coefficient (Wildman–Crippen LogP) is -6.10. The van der Waals surface area contributed by atoms with Crippen LogP contribution in [0.25, 0.3) is 0 Å². The zero-order valence-electron chi connectivity index (χ0n) is 40.6. The third-order valence-corrected chi connectivity index (χ3v) is 10.9. The number of nitrogens with two attached hydrogens (primary N) is 7. The lowest BCUT2D eigenvalue weighted by molar-refractivity contribution is -0.153.